The van der Waals surface area contributed by atoms with Crippen LogP contribution in [0.3, 0.4) is 0 Å². The standard InChI is InChI=1S/C9H11Cl2N3O/c1-14(5-8(12)15)4-6-2-3-7(10)13-9(6)11/h2-3H,4-5H2,1H3,(H2,12,15). The Morgan fingerprint density at radius 2 is 2.20 bits per heavy atom. The quantitative estimate of drug-likeness (QED) is 0.817. The molecule has 1 heterocycles. The Morgan fingerprint density at radius 3 is 2.73 bits per heavy atom. The van der Waals surface area contributed by atoms with Crippen LogP contribution in [0.2, 0.25) is 10.3 Å². The van der Waals surface area contributed by atoms with E-state index in [4.69, 9.17) is 28.9 Å². The molecular weight excluding hydrogens is 237 g/mol. The average Bonchev–Trinajstić information content (AvgIpc) is 2.08. The summed E-state index contributed by atoms with van der Waals surface area (Å²) in [7, 11) is 1.77. The number of carbonyl (C=O) groups is 1. The van der Waals surface area contributed by atoms with Crippen LogP contribution < -0.4 is 5.73 Å². The Kier molecular flexibility index (Phi) is 4.32. The van der Waals surface area contributed by atoms with Crippen molar-refractivity contribution in [1.82, 2.24) is 9.88 Å². The van der Waals surface area contributed by atoms with Gasteiger partial charge in [-0.1, -0.05) is 29.3 Å². The van der Waals surface area contributed by atoms with Crippen molar-refractivity contribution in [2.45, 2.75) is 6.54 Å². The maximum atomic E-state index is 10.6. The number of likely N-dealkylation sites (N-methyl/N-ethyl adjacent to an activating group) is 1. The lowest BCUT2D eigenvalue weighted by Gasteiger charge is -2.14. The first-order chi connectivity index (χ1) is 6.99. The summed E-state index contributed by atoms with van der Waals surface area (Å²) in [5.74, 6) is -0.379. The minimum absolute atomic E-state index is 0.180. The molecule has 4 nitrogen and oxygen atoms in total. The van der Waals surface area contributed by atoms with E-state index < -0.39 is 0 Å². The summed E-state index contributed by atoms with van der Waals surface area (Å²) in [6.45, 7) is 0.685. The monoisotopic (exact) mass is 247 g/mol. The molecule has 15 heavy (non-hydrogen) atoms. The van der Waals surface area contributed by atoms with Crippen LogP contribution in [0.5, 0.6) is 0 Å². The maximum Gasteiger partial charge on any atom is 0.231 e. The fourth-order valence-electron chi connectivity index (χ4n) is 1.17. The summed E-state index contributed by atoms with van der Waals surface area (Å²) in [6.07, 6.45) is 0. The third-order valence-electron chi connectivity index (χ3n) is 1.76. The van der Waals surface area contributed by atoms with Crippen molar-refractivity contribution in [3.63, 3.8) is 0 Å². The lowest BCUT2D eigenvalue weighted by molar-refractivity contribution is -0.118. The smallest absolute Gasteiger partial charge is 0.231 e. The minimum Gasteiger partial charge on any atom is -0.369 e. The second kappa shape index (κ2) is 5.30. The first-order valence-corrected chi connectivity index (χ1v) is 5.02. The van der Waals surface area contributed by atoms with E-state index in [0.29, 0.717) is 16.9 Å². The predicted molar refractivity (Wildman–Crippen MR) is 59.8 cm³/mol. The molecule has 0 aromatic carbocycles. The molecule has 1 rings (SSSR count). The van der Waals surface area contributed by atoms with Gasteiger partial charge in [0.2, 0.25) is 5.91 Å². The van der Waals surface area contributed by atoms with E-state index in [1.165, 1.54) is 0 Å². The fraction of sp³-hybridized carbons (Fsp3) is 0.333. The third-order valence-corrected chi connectivity index (χ3v) is 2.30. The molecule has 0 radical (unpaired) electrons. The van der Waals surface area contributed by atoms with Crippen LogP contribution in [-0.4, -0.2) is 29.4 Å². The van der Waals surface area contributed by atoms with Crippen molar-refractivity contribution in [1.29, 1.82) is 0 Å². The van der Waals surface area contributed by atoms with Gasteiger partial charge in [0.1, 0.15) is 10.3 Å². The van der Waals surface area contributed by atoms with Crippen molar-refractivity contribution in [3.8, 4) is 0 Å². The average molecular weight is 248 g/mol. The zero-order chi connectivity index (χ0) is 11.4. The Balaban J connectivity index is 2.68. The number of nitrogens with zero attached hydrogens (tertiary/aromatic N) is 2. The molecule has 0 aliphatic heterocycles. The molecule has 0 fully saturated rings. The van der Waals surface area contributed by atoms with E-state index in [-0.39, 0.29) is 12.5 Å². The SMILES string of the molecule is CN(CC(N)=O)Cc1ccc(Cl)nc1Cl. The van der Waals surface area contributed by atoms with Gasteiger partial charge in [-0.2, -0.15) is 0 Å². The topological polar surface area (TPSA) is 59.2 Å². The molecule has 0 atom stereocenters. The summed E-state index contributed by atoms with van der Waals surface area (Å²) >= 11 is 11.5. The van der Waals surface area contributed by atoms with E-state index in [1.54, 1.807) is 24.1 Å². The molecule has 0 unspecified atom stereocenters. The molecule has 1 aromatic rings. The lowest BCUT2D eigenvalue weighted by atomic mass is 10.2. The van der Waals surface area contributed by atoms with Crippen LogP contribution >= 0.6 is 23.2 Å². The van der Waals surface area contributed by atoms with E-state index >= 15 is 0 Å². The number of hydrogen-bond acceptors (Lipinski definition) is 3. The van der Waals surface area contributed by atoms with Crippen LogP contribution in [0.1, 0.15) is 5.56 Å². The summed E-state index contributed by atoms with van der Waals surface area (Å²) in [5.41, 5.74) is 5.87. The molecule has 0 aliphatic rings. The number of carbonyl (C=O) groups excluding carboxylic acids is 1. The molecule has 82 valence electrons. The number of nitrogens with two attached hydrogens (primary N) is 1. The first kappa shape index (κ1) is 12.2. The van der Waals surface area contributed by atoms with Crippen LogP contribution in [0.4, 0.5) is 0 Å². The van der Waals surface area contributed by atoms with Crippen LogP contribution in [-0.2, 0) is 11.3 Å². The number of hydrogen-bond donors (Lipinski definition) is 1. The zero-order valence-electron chi connectivity index (χ0n) is 8.20. The van der Waals surface area contributed by atoms with Crippen molar-refractivity contribution < 1.29 is 4.79 Å². The van der Waals surface area contributed by atoms with E-state index in [2.05, 4.69) is 4.98 Å². The minimum atomic E-state index is -0.379. The van der Waals surface area contributed by atoms with E-state index in [9.17, 15) is 4.79 Å². The second-order valence-electron chi connectivity index (χ2n) is 3.22. The summed E-state index contributed by atoms with van der Waals surface area (Å²) in [6, 6.07) is 3.43. The highest BCUT2D eigenvalue weighted by Crippen LogP contribution is 2.17. The fourth-order valence-corrected chi connectivity index (χ4v) is 1.58. The van der Waals surface area contributed by atoms with Gasteiger partial charge in [-0.05, 0) is 13.1 Å². The maximum absolute atomic E-state index is 10.6. The summed E-state index contributed by atoms with van der Waals surface area (Å²) in [4.78, 5) is 16.3. The molecule has 0 saturated heterocycles. The van der Waals surface area contributed by atoms with Gasteiger partial charge in [0.15, 0.2) is 0 Å². The van der Waals surface area contributed by atoms with Gasteiger partial charge in [-0.15, -0.1) is 0 Å². The number of rotatable bonds is 4. The van der Waals surface area contributed by atoms with Gasteiger partial charge < -0.3 is 5.73 Å². The third kappa shape index (κ3) is 4.03. The molecule has 2 N–H and O–H groups in total. The normalized spacial score (nSPS) is 10.7. The van der Waals surface area contributed by atoms with Crippen molar-refractivity contribution in [3.05, 3.63) is 28.0 Å². The molecule has 0 bridgehead atoms. The van der Waals surface area contributed by atoms with Gasteiger partial charge in [-0.25, -0.2) is 4.98 Å². The van der Waals surface area contributed by atoms with Crippen LogP contribution in [0, 0.1) is 0 Å². The zero-order valence-corrected chi connectivity index (χ0v) is 9.72. The molecule has 6 heteroatoms. The highest BCUT2D eigenvalue weighted by Gasteiger charge is 2.07. The van der Waals surface area contributed by atoms with Gasteiger partial charge in [0.25, 0.3) is 0 Å². The van der Waals surface area contributed by atoms with Gasteiger partial charge in [-0.3, -0.25) is 9.69 Å². The number of pyridine rings is 1. The number of amides is 1. The van der Waals surface area contributed by atoms with Gasteiger partial charge >= 0.3 is 0 Å². The van der Waals surface area contributed by atoms with Crippen LogP contribution in [0.25, 0.3) is 0 Å². The van der Waals surface area contributed by atoms with Crippen LogP contribution in [0.15, 0.2) is 12.1 Å². The molecule has 0 saturated carbocycles. The highest BCUT2D eigenvalue weighted by molar-refractivity contribution is 6.32. The lowest BCUT2D eigenvalue weighted by Crippen LogP contribution is -2.30. The van der Waals surface area contributed by atoms with E-state index in [1.807, 2.05) is 0 Å². The highest BCUT2D eigenvalue weighted by atomic mass is 35.5. The Bertz CT molecular complexity index is 370. The summed E-state index contributed by atoms with van der Waals surface area (Å²) in [5, 5.41) is 0.695. The molecule has 0 spiro atoms. The largest absolute Gasteiger partial charge is 0.369 e. The second-order valence-corrected chi connectivity index (χ2v) is 3.97. The van der Waals surface area contributed by atoms with Gasteiger partial charge in [0.05, 0.1) is 6.54 Å². The predicted octanol–water partition coefficient (Wildman–Crippen LogP) is 1.31. The summed E-state index contributed by atoms with van der Waals surface area (Å²) < 4.78 is 0. The molecule has 1 amide bonds. The van der Waals surface area contributed by atoms with E-state index in [0.717, 1.165) is 5.56 Å². The number of halogens is 2. The molecule has 1 aromatic heterocycles. The Labute approximate surface area is 98.0 Å². The van der Waals surface area contributed by atoms with Crippen molar-refractivity contribution >= 4 is 29.1 Å². The number of primary amides is 1. The number of aromatic nitrogens is 1. The Morgan fingerprint density at radius 1 is 1.53 bits per heavy atom. The van der Waals surface area contributed by atoms with Crippen molar-refractivity contribution in [2.24, 2.45) is 5.73 Å². The molecular formula is C9H11Cl2N3O. The molecule has 0 aliphatic carbocycles. The first-order valence-electron chi connectivity index (χ1n) is 4.27. The Hall–Kier alpha value is -0.840. The van der Waals surface area contributed by atoms with Crippen molar-refractivity contribution in [2.75, 3.05) is 13.6 Å². The van der Waals surface area contributed by atoms with Gasteiger partial charge in [0, 0.05) is 12.1 Å².